The summed E-state index contributed by atoms with van der Waals surface area (Å²) in [5, 5.41) is 11.1. The molecule has 2 heterocycles. The van der Waals surface area contributed by atoms with Gasteiger partial charge in [0, 0.05) is 28.4 Å². The summed E-state index contributed by atoms with van der Waals surface area (Å²) in [4.78, 5) is 33.4. The van der Waals surface area contributed by atoms with E-state index in [4.69, 9.17) is 5.11 Å². The van der Waals surface area contributed by atoms with E-state index in [1.54, 1.807) is 24.5 Å². The van der Waals surface area contributed by atoms with E-state index in [1.165, 1.54) is 16.2 Å². The Balaban J connectivity index is 1.85. The number of carbonyl (C=O) groups excluding carboxylic acids is 1. The molecule has 0 aliphatic rings. The first kappa shape index (κ1) is 16.2. The van der Waals surface area contributed by atoms with Crippen LogP contribution in [0.5, 0.6) is 0 Å². The zero-order valence-electron chi connectivity index (χ0n) is 13.2. The van der Waals surface area contributed by atoms with Gasteiger partial charge in [-0.3, -0.25) is 9.59 Å². The second kappa shape index (κ2) is 6.84. The maximum absolute atomic E-state index is 12.8. The van der Waals surface area contributed by atoms with Gasteiger partial charge in [0.2, 0.25) is 0 Å². The van der Waals surface area contributed by atoms with Crippen molar-refractivity contribution in [2.24, 2.45) is 0 Å². The van der Waals surface area contributed by atoms with Crippen molar-refractivity contribution in [3.8, 4) is 0 Å². The van der Waals surface area contributed by atoms with Crippen LogP contribution in [-0.4, -0.2) is 38.4 Å². The fourth-order valence-electron chi connectivity index (χ4n) is 2.50. The number of aliphatic carboxylic acids is 1. The van der Waals surface area contributed by atoms with E-state index in [-0.39, 0.29) is 19.0 Å². The molecule has 1 aromatic carbocycles. The lowest BCUT2D eigenvalue weighted by atomic mass is 10.1. The Morgan fingerprint density at radius 2 is 2.17 bits per heavy atom. The normalized spacial score (nSPS) is 10.9. The SMILES string of the molecule is CCc1ncc(CN(CC(=O)O)C(=O)c2ccc3cc[nH]c3c2)s1. The summed E-state index contributed by atoms with van der Waals surface area (Å²) in [5.74, 6) is -1.34. The van der Waals surface area contributed by atoms with E-state index < -0.39 is 5.97 Å². The van der Waals surface area contributed by atoms with Crippen LogP contribution in [0.1, 0.15) is 27.2 Å². The molecule has 0 fully saturated rings. The Morgan fingerprint density at radius 1 is 1.33 bits per heavy atom. The minimum atomic E-state index is -1.04. The third-order valence-electron chi connectivity index (χ3n) is 3.67. The van der Waals surface area contributed by atoms with Crippen LogP contribution in [0.15, 0.2) is 36.7 Å². The number of amides is 1. The van der Waals surface area contributed by atoms with Crippen molar-refractivity contribution >= 4 is 34.1 Å². The predicted molar refractivity (Wildman–Crippen MR) is 92.2 cm³/mol. The molecule has 0 saturated carbocycles. The van der Waals surface area contributed by atoms with Crippen LogP contribution in [0.2, 0.25) is 0 Å². The van der Waals surface area contributed by atoms with Crippen LogP contribution in [0.25, 0.3) is 10.9 Å². The zero-order chi connectivity index (χ0) is 17.1. The fraction of sp³-hybridized carbons (Fsp3) is 0.235. The largest absolute Gasteiger partial charge is 0.480 e. The predicted octanol–water partition coefficient (Wildman–Crippen LogP) is 2.91. The number of carboxylic acids is 1. The fourth-order valence-corrected chi connectivity index (χ4v) is 3.38. The summed E-state index contributed by atoms with van der Waals surface area (Å²) in [6, 6.07) is 7.23. The van der Waals surface area contributed by atoms with E-state index in [1.807, 2.05) is 19.1 Å². The van der Waals surface area contributed by atoms with Crippen LogP contribution in [0.3, 0.4) is 0 Å². The van der Waals surface area contributed by atoms with Crippen molar-refractivity contribution in [1.82, 2.24) is 14.9 Å². The van der Waals surface area contributed by atoms with Gasteiger partial charge in [0.05, 0.1) is 11.6 Å². The molecular weight excluding hydrogens is 326 g/mol. The topological polar surface area (TPSA) is 86.3 Å². The smallest absolute Gasteiger partial charge is 0.323 e. The van der Waals surface area contributed by atoms with Crippen molar-refractivity contribution in [1.29, 1.82) is 0 Å². The highest BCUT2D eigenvalue weighted by atomic mass is 32.1. The molecule has 3 rings (SSSR count). The van der Waals surface area contributed by atoms with Crippen molar-refractivity contribution in [2.45, 2.75) is 19.9 Å². The van der Waals surface area contributed by atoms with Crippen molar-refractivity contribution in [3.05, 3.63) is 52.1 Å². The molecule has 2 N–H and O–H groups in total. The summed E-state index contributed by atoms with van der Waals surface area (Å²) in [6.07, 6.45) is 4.33. The number of benzene rings is 1. The van der Waals surface area contributed by atoms with Crippen molar-refractivity contribution < 1.29 is 14.7 Å². The van der Waals surface area contributed by atoms with Gasteiger partial charge in [-0.25, -0.2) is 4.98 Å². The molecule has 0 saturated heterocycles. The molecule has 0 radical (unpaired) electrons. The van der Waals surface area contributed by atoms with Gasteiger partial charge in [-0.1, -0.05) is 13.0 Å². The standard InChI is InChI=1S/C17H17N3O3S/c1-2-15-19-8-13(24-15)9-20(10-16(21)22)17(23)12-4-3-11-5-6-18-14(11)7-12/h3-8,18H,2,9-10H2,1H3,(H,21,22). The minimum Gasteiger partial charge on any atom is -0.480 e. The number of nitrogens with zero attached hydrogens (tertiary/aromatic N) is 2. The van der Waals surface area contributed by atoms with E-state index in [2.05, 4.69) is 9.97 Å². The molecule has 0 unspecified atom stereocenters. The first-order chi connectivity index (χ1) is 11.6. The Kier molecular flexibility index (Phi) is 4.61. The number of thiazole rings is 1. The summed E-state index contributed by atoms with van der Waals surface area (Å²) in [7, 11) is 0. The quantitative estimate of drug-likeness (QED) is 0.720. The highest BCUT2D eigenvalue weighted by Crippen LogP contribution is 2.19. The molecule has 0 spiro atoms. The summed E-state index contributed by atoms with van der Waals surface area (Å²) in [5.41, 5.74) is 1.31. The van der Waals surface area contributed by atoms with Gasteiger partial charge < -0.3 is 15.0 Å². The molecule has 7 heteroatoms. The number of fused-ring (bicyclic) bond motifs is 1. The molecule has 0 atom stereocenters. The van der Waals surface area contributed by atoms with Crippen LogP contribution in [-0.2, 0) is 17.8 Å². The molecule has 1 amide bonds. The van der Waals surface area contributed by atoms with Crippen molar-refractivity contribution in [2.75, 3.05) is 6.54 Å². The second-order valence-electron chi connectivity index (χ2n) is 5.41. The second-order valence-corrected chi connectivity index (χ2v) is 6.61. The van der Waals surface area contributed by atoms with Gasteiger partial charge in [-0.05, 0) is 30.0 Å². The van der Waals surface area contributed by atoms with E-state index in [0.29, 0.717) is 5.56 Å². The summed E-state index contributed by atoms with van der Waals surface area (Å²) < 4.78 is 0. The Hall–Kier alpha value is -2.67. The molecule has 0 aliphatic heterocycles. The van der Waals surface area contributed by atoms with Gasteiger partial charge in [-0.2, -0.15) is 0 Å². The molecule has 0 bridgehead atoms. The van der Waals surface area contributed by atoms with Crippen LogP contribution < -0.4 is 0 Å². The number of nitrogens with one attached hydrogen (secondary N) is 1. The van der Waals surface area contributed by atoms with Gasteiger partial charge in [0.15, 0.2) is 0 Å². The molecule has 0 aliphatic carbocycles. The Labute approximate surface area is 142 Å². The lowest BCUT2D eigenvalue weighted by molar-refractivity contribution is -0.137. The highest BCUT2D eigenvalue weighted by Gasteiger charge is 2.20. The molecule has 24 heavy (non-hydrogen) atoms. The van der Waals surface area contributed by atoms with Gasteiger partial charge >= 0.3 is 5.97 Å². The van der Waals surface area contributed by atoms with E-state index in [0.717, 1.165) is 27.2 Å². The Morgan fingerprint density at radius 3 is 2.88 bits per heavy atom. The number of aromatic nitrogens is 2. The Bertz CT molecular complexity index is 884. The monoisotopic (exact) mass is 343 g/mol. The molecular formula is C17H17N3O3S. The number of hydrogen-bond acceptors (Lipinski definition) is 4. The van der Waals surface area contributed by atoms with Crippen LogP contribution >= 0.6 is 11.3 Å². The first-order valence-electron chi connectivity index (χ1n) is 7.58. The molecule has 124 valence electrons. The van der Waals surface area contributed by atoms with Gasteiger partial charge in [-0.15, -0.1) is 11.3 Å². The maximum atomic E-state index is 12.8. The summed E-state index contributed by atoms with van der Waals surface area (Å²) in [6.45, 7) is 1.90. The number of carboxylic acid groups (broad SMARTS) is 1. The third-order valence-corrected chi connectivity index (χ3v) is 4.79. The lowest BCUT2D eigenvalue weighted by Gasteiger charge is -2.20. The number of carbonyl (C=O) groups is 2. The third kappa shape index (κ3) is 3.46. The number of H-pyrrole nitrogens is 1. The molecule has 3 aromatic rings. The van der Waals surface area contributed by atoms with E-state index >= 15 is 0 Å². The number of aromatic amines is 1. The van der Waals surface area contributed by atoms with Crippen LogP contribution in [0.4, 0.5) is 0 Å². The van der Waals surface area contributed by atoms with Crippen molar-refractivity contribution in [3.63, 3.8) is 0 Å². The van der Waals surface area contributed by atoms with Gasteiger partial charge in [0.25, 0.3) is 5.91 Å². The average molecular weight is 343 g/mol. The first-order valence-corrected chi connectivity index (χ1v) is 8.40. The molecule has 6 nitrogen and oxygen atoms in total. The minimum absolute atomic E-state index is 0.242. The zero-order valence-corrected chi connectivity index (χ0v) is 14.0. The highest BCUT2D eigenvalue weighted by molar-refractivity contribution is 7.11. The lowest BCUT2D eigenvalue weighted by Crippen LogP contribution is -2.35. The number of rotatable bonds is 6. The van der Waals surface area contributed by atoms with Gasteiger partial charge in [0.1, 0.15) is 6.54 Å². The maximum Gasteiger partial charge on any atom is 0.323 e. The van der Waals surface area contributed by atoms with Crippen LogP contribution in [0, 0.1) is 0 Å². The van der Waals surface area contributed by atoms with E-state index in [9.17, 15) is 9.59 Å². The molecule has 2 aromatic heterocycles. The summed E-state index contributed by atoms with van der Waals surface area (Å²) >= 11 is 1.50. The number of hydrogen-bond donors (Lipinski definition) is 2. The average Bonchev–Trinajstić information content (AvgIpc) is 3.21. The number of aryl methyl sites for hydroxylation is 1.